The summed E-state index contributed by atoms with van der Waals surface area (Å²) in [6, 6.07) is 19.7. The van der Waals surface area contributed by atoms with E-state index in [1.54, 1.807) is 54.7 Å². The van der Waals surface area contributed by atoms with Gasteiger partial charge in [0, 0.05) is 31.9 Å². The van der Waals surface area contributed by atoms with Gasteiger partial charge in [0.05, 0.1) is 25.4 Å². The van der Waals surface area contributed by atoms with E-state index >= 15 is 0 Å². The van der Waals surface area contributed by atoms with E-state index in [0.29, 0.717) is 26.9 Å². The third kappa shape index (κ3) is 3.81. The lowest BCUT2D eigenvalue weighted by molar-refractivity contribution is -0.136. The van der Waals surface area contributed by atoms with E-state index in [1.165, 1.54) is 18.3 Å². The molecule has 1 aliphatic rings. The fourth-order valence-electron chi connectivity index (χ4n) is 4.20. The molecule has 0 saturated carbocycles. The van der Waals surface area contributed by atoms with Crippen LogP contribution >= 0.6 is 31.9 Å². The van der Waals surface area contributed by atoms with E-state index in [4.69, 9.17) is 9.15 Å². The van der Waals surface area contributed by atoms with Crippen LogP contribution in [0, 0.1) is 11.3 Å². The molecular weight excluding hydrogens is 564 g/mol. The third-order valence-electron chi connectivity index (χ3n) is 5.74. The standard InChI is InChI=1S/C26H18Br2N2O4/c1-16(25(32)33-2)23(22-8-5-13-34-22)26(15-29)20-7-4-3-6-19(20)21(28)14-30(26)24(31)17-9-11-18(27)12-10-17/h3-14,23H,1H2,2H3/t23-,26-/m0/s1. The lowest BCUT2D eigenvalue weighted by Gasteiger charge is -2.45. The molecular formula is C26H18Br2N2O4. The number of amides is 1. The highest BCUT2D eigenvalue weighted by molar-refractivity contribution is 9.15. The predicted molar refractivity (Wildman–Crippen MR) is 134 cm³/mol. The highest BCUT2D eigenvalue weighted by atomic mass is 79.9. The molecule has 6 nitrogen and oxygen atoms in total. The predicted octanol–water partition coefficient (Wildman–Crippen LogP) is 6.12. The maximum atomic E-state index is 13.9. The summed E-state index contributed by atoms with van der Waals surface area (Å²) in [6.45, 7) is 3.96. The van der Waals surface area contributed by atoms with Crippen LogP contribution in [0.1, 0.15) is 33.2 Å². The first-order valence-corrected chi connectivity index (χ1v) is 11.7. The monoisotopic (exact) mass is 580 g/mol. The summed E-state index contributed by atoms with van der Waals surface area (Å²) >= 11 is 6.93. The SMILES string of the molecule is C=C(C(=O)OC)[C@@H](c1ccco1)[C@]1(C#N)c2ccccc2C(Br)=CN1C(=O)c1ccc(Br)cc1. The summed E-state index contributed by atoms with van der Waals surface area (Å²) < 4.78 is 12.1. The molecule has 0 N–H and O–H groups in total. The first-order chi connectivity index (χ1) is 16.3. The number of nitrogens with zero attached hydrogens (tertiary/aromatic N) is 2. The van der Waals surface area contributed by atoms with Gasteiger partial charge in [0.15, 0.2) is 5.54 Å². The van der Waals surface area contributed by atoms with Gasteiger partial charge in [0.1, 0.15) is 5.76 Å². The van der Waals surface area contributed by atoms with Gasteiger partial charge < -0.3 is 9.15 Å². The van der Waals surface area contributed by atoms with Gasteiger partial charge >= 0.3 is 5.97 Å². The van der Waals surface area contributed by atoms with Gasteiger partial charge in [0.25, 0.3) is 5.91 Å². The second-order valence-corrected chi connectivity index (χ2v) is 9.32. The van der Waals surface area contributed by atoms with E-state index < -0.39 is 23.3 Å². The number of ether oxygens (including phenoxy) is 1. The largest absolute Gasteiger partial charge is 0.469 e. The highest BCUT2D eigenvalue weighted by Crippen LogP contribution is 2.52. The van der Waals surface area contributed by atoms with E-state index in [2.05, 4.69) is 44.5 Å². The zero-order valence-electron chi connectivity index (χ0n) is 18.0. The Hall–Kier alpha value is -3.41. The van der Waals surface area contributed by atoms with Crippen LogP contribution < -0.4 is 0 Å². The van der Waals surface area contributed by atoms with Crippen LogP contribution in [0.2, 0.25) is 0 Å². The minimum Gasteiger partial charge on any atom is -0.469 e. The minimum absolute atomic E-state index is 0.0196. The number of halogens is 2. The number of carbonyl (C=O) groups excluding carboxylic acids is 2. The van der Waals surface area contributed by atoms with Crippen molar-refractivity contribution in [3.63, 3.8) is 0 Å². The van der Waals surface area contributed by atoms with Crippen molar-refractivity contribution in [3.8, 4) is 6.07 Å². The van der Waals surface area contributed by atoms with Crippen molar-refractivity contribution in [2.75, 3.05) is 7.11 Å². The molecule has 0 unspecified atom stereocenters. The Bertz CT molecular complexity index is 1340. The second kappa shape index (κ2) is 9.45. The quantitative estimate of drug-likeness (QED) is 0.267. The molecule has 0 radical (unpaired) electrons. The van der Waals surface area contributed by atoms with E-state index in [-0.39, 0.29) is 5.57 Å². The maximum absolute atomic E-state index is 13.9. The number of esters is 1. The van der Waals surface area contributed by atoms with Crippen molar-refractivity contribution in [2.24, 2.45) is 0 Å². The Kier molecular flexibility index (Phi) is 6.60. The number of furan rings is 1. The molecule has 2 atom stereocenters. The lowest BCUT2D eigenvalue weighted by Crippen LogP contribution is -2.52. The molecule has 1 aromatic heterocycles. The van der Waals surface area contributed by atoms with E-state index in [9.17, 15) is 14.9 Å². The second-order valence-electron chi connectivity index (χ2n) is 7.55. The van der Waals surface area contributed by atoms with Crippen LogP contribution in [0.3, 0.4) is 0 Å². The average Bonchev–Trinajstić information content (AvgIpc) is 3.39. The Morgan fingerprint density at radius 1 is 1.12 bits per heavy atom. The molecule has 2 heterocycles. The lowest BCUT2D eigenvalue weighted by atomic mass is 9.70. The van der Waals surface area contributed by atoms with Gasteiger partial charge in [-0.15, -0.1) is 0 Å². The molecule has 8 heteroatoms. The number of nitriles is 1. The van der Waals surface area contributed by atoms with Crippen LogP contribution in [0.4, 0.5) is 0 Å². The fraction of sp³-hybridized carbons (Fsp3) is 0.115. The number of rotatable bonds is 5. The number of benzene rings is 2. The molecule has 34 heavy (non-hydrogen) atoms. The fourth-order valence-corrected chi connectivity index (χ4v) is 5.01. The van der Waals surface area contributed by atoms with Crippen LogP contribution in [0.5, 0.6) is 0 Å². The van der Waals surface area contributed by atoms with Crippen LogP contribution in [0.25, 0.3) is 4.48 Å². The summed E-state index contributed by atoms with van der Waals surface area (Å²) in [5, 5.41) is 10.8. The summed E-state index contributed by atoms with van der Waals surface area (Å²) in [6.07, 6.45) is 3.01. The van der Waals surface area contributed by atoms with Gasteiger partial charge in [-0.05, 0) is 57.9 Å². The number of methoxy groups -OCH3 is 1. The number of hydrogen-bond acceptors (Lipinski definition) is 5. The molecule has 170 valence electrons. The van der Waals surface area contributed by atoms with Crippen molar-refractivity contribution in [1.29, 1.82) is 5.26 Å². The van der Waals surface area contributed by atoms with Gasteiger partial charge in [-0.25, -0.2) is 4.79 Å². The van der Waals surface area contributed by atoms with Crippen LogP contribution in [-0.2, 0) is 15.1 Å². The first kappa shape index (κ1) is 23.7. The topological polar surface area (TPSA) is 83.5 Å². The Morgan fingerprint density at radius 3 is 2.44 bits per heavy atom. The maximum Gasteiger partial charge on any atom is 0.334 e. The van der Waals surface area contributed by atoms with Gasteiger partial charge in [0.2, 0.25) is 0 Å². The minimum atomic E-state index is -1.71. The number of carbonyl (C=O) groups is 2. The molecule has 0 aliphatic carbocycles. The number of fused-ring (bicyclic) bond motifs is 1. The zero-order valence-corrected chi connectivity index (χ0v) is 21.2. The van der Waals surface area contributed by atoms with Gasteiger partial charge in [-0.1, -0.05) is 46.8 Å². The Balaban J connectivity index is 2.04. The normalized spacial score (nSPS) is 17.7. The van der Waals surface area contributed by atoms with Crippen molar-refractivity contribution < 1.29 is 18.7 Å². The highest BCUT2D eigenvalue weighted by Gasteiger charge is 2.55. The Labute approximate surface area is 213 Å². The van der Waals surface area contributed by atoms with Crippen molar-refractivity contribution in [2.45, 2.75) is 11.5 Å². The van der Waals surface area contributed by atoms with Gasteiger partial charge in [-0.2, -0.15) is 5.26 Å². The van der Waals surface area contributed by atoms with E-state index in [1.807, 2.05) is 12.1 Å². The molecule has 0 fully saturated rings. The third-order valence-corrected chi connectivity index (χ3v) is 6.90. The zero-order chi connectivity index (χ0) is 24.5. The smallest absolute Gasteiger partial charge is 0.334 e. The van der Waals surface area contributed by atoms with Crippen LogP contribution in [-0.4, -0.2) is 23.9 Å². The van der Waals surface area contributed by atoms with Crippen LogP contribution in [0.15, 0.2) is 94.2 Å². The first-order valence-electron chi connectivity index (χ1n) is 10.1. The van der Waals surface area contributed by atoms with E-state index in [0.717, 1.165) is 4.47 Å². The summed E-state index contributed by atoms with van der Waals surface area (Å²) in [7, 11) is 1.24. The molecule has 1 aliphatic heterocycles. The molecule has 0 spiro atoms. The molecule has 0 bridgehead atoms. The number of hydrogen-bond donors (Lipinski definition) is 0. The van der Waals surface area contributed by atoms with Crippen molar-refractivity contribution in [1.82, 2.24) is 4.90 Å². The summed E-state index contributed by atoms with van der Waals surface area (Å²) in [4.78, 5) is 27.9. The summed E-state index contributed by atoms with van der Waals surface area (Å²) in [5.41, 5.74) is -0.141. The summed E-state index contributed by atoms with van der Waals surface area (Å²) in [5.74, 6) is -1.91. The van der Waals surface area contributed by atoms with Gasteiger partial charge in [-0.3, -0.25) is 9.69 Å². The average molecular weight is 582 g/mol. The molecule has 0 saturated heterocycles. The molecule has 3 aromatic rings. The molecule has 1 amide bonds. The molecule has 2 aromatic carbocycles. The Morgan fingerprint density at radius 2 is 1.82 bits per heavy atom. The van der Waals surface area contributed by atoms with Crippen molar-refractivity contribution >= 4 is 48.2 Å². The molecule has 4 rings (SSSR count). The van der Waals surface area contributed by atoms with Crippen molar-refractivity contribution in [3.05, 3.63) is 112 Å².